The molecule has 0 saturated heterocycles. The molecule has 3 aromatic carbocycles. The van der Waals surface area contributed by atoms with Gasteiger partial charge in [-0.1, -0.05) is 48.9 Å². The van der Waals surface area contributed by atoms with Gasteiger partial charge in [0.15, 0.2) is 5.82 Å². The van der Waals surface area contributed by atoms with Gasteiger partial charge in [-0.15, -0.1) is 10.2 Å². The predicted octanol–water partition coefficient (Wildman–Crippen LogP) is 4.52. The van der Waals surface area contributed by atoms with Crippen LogP contribution in [-0.2, 0) is 24.2 Å². The number of nitrogens with one attached hydrogen (secondary N) is 1. The molecule has 0 radical (unpaired) electrons. The summed E-state index contributed by atoms with van der Waals surface area (Å²) < 4.78 is 2.18. The second kappa shape index (κ2) is 10.0. The van der Waals surface area contributed by atoms with Gasteiger partial charge in [0, 0.05) is 30.6 Å². The highest BCUT2D eigenvalue weighted by molar-refractivity contribution is 6.23. The van der Waals surface area contributed by atoms with E-state index in [1.165, 1.54) is 6.42 Å². The summed E-state index contributed by atoms with van der Waals surface area (Å²) in [7, 11) is 0. The summed E-state index contributed by atoms with van der Waals surface area (Å²) in [4.78, 5) is 41.1. The quantitative estimate of drug-likeness (QED) is 0.389. The molecule has 0 bridgehead atoms. The second-order valence-electron chi connectivity index (χ2n) is 9.70. The Balaban J connectivity index is 1.25. The highest BCUT2D eigenvalue weighted by atomic mass is 16.2. The minimum Gasteiger partial charge on any atom is -0.324 e. The van der Waals surface area contributed by atoms with Crippen molar-refractivity contribution < 1.29 is 14.4 Å². The van der Waals surface area contributed by atoms with Gasteiger partial charge >= 0.3 is 0 Å². The van der Waals surface area contributed by atoms with Crippen LogP contribution in [0.4, 0.5) is 5.69 Å². The zero-order valence-electron chi connectivity index (χ0n) is 20.8. The summed E-state index contributed by atoms with van der Waals surface area (Å²) in [5.74, 6) is 0.508. The van der Waals surface area contributed by atoms with Crippen LogP contribution in [-0.4, -0.2) is 43.4 Å². The lowest BCUT2D eigenvalue weighted by Crippen LogP contribution is -2.48. The fourth-order valence-electron chi connectivity index (χ4n) is 5.26. The van der Waals surface area contributed by atoms with Crippen molar-refractivity contribution in [3.8, 4) is 11.4 Å². The highest BCUT2D eigenvalue weighted by Gasteiger charge is 2.42. The van der Waals surface area contributed by atoms with Crippen molar-refractivity contribution >= 4 is 23.4 Å². The van der Waals surface area contributed by atoms with Gasteiger partial charge in [0.2, 0.25) is 5.91 Å². The highest BCUT2D eigenvalue weighted by Crippen LogP contribution is 2.28. The molecule has 0 aliphatic carbocycles. The van der Waals surface area contributed by atoms with Gasteiger partial charge in [-0.2, -0.15) is 0 Å². The van der Waals surface area contributed by atoms with Gasteiger partial charge in [0.1, 0.15) is 11.9 Å². The third-order valence-electron chi connectivity index (χ3n) is 7.23. The summed E-state index contributed by atoms with van der Waals surface area (Å²) in [6, 6.07) is 22.5. The zero-order valence-corrected chi connectivity index (χ0v) is 20.8. The van der Waals surface area contributed by atoms with E-state index >= 15 is 0 Å². The van der Waals surface area contributed by atoms with Gasteiger partial charge in [0.05, 0.1) is 11.1 Å². The number of imide groups is 1. The molecule has 1 N–H and O–H groups in total. The number of aromatic nitrogens is 3. The average Bonchev–Trinajstić information content (AvgIpc) is 3.35. The van der Waals surface area contributed by atoms with E-state index in [2.05, 4.69) is 20.1 Å². The molecule has 6 rings (SSSR count). The van der Waals surface area contributed by atoms with Crippen molar-refractivity contribution in [3.05, 3.63) is 101 Å². The van der Waals surface area contributed by atoms with Crippen LogP contribution in [0.25, 0.3) is 11.4 Å². The Morgan fingerprint density at radius 1 is 0.816 bits per heavy atom. The molecule has 1 atom stereocenters. The molecule has 3 amide bonds. The zero-order chi connectivity index (χ0) is 26.1. The summed E-state index contributed by atoms with van der Waals surface area (Å²) in [5, 5.41) is 11.7. The van der Waals surface area contributed by atoms with Crippen molar-refractivity contribution in [1.29, 1.82) is 0 Å². The summed E-state index contributed by atoms with van der Waals surface area (Å²) in [6.07, 6.45) is 4.56. The van der Waals surface area contributed by atoms with Crippen LogP contribution in [0.1, 0.15) is 51.4 Å². The van der Waals surface area contributed by atoms with E-state index in [9.17, 15) is 14.4 Å². The number of carbonyl (C=O) groups is 3. The van der Waals surface area contributed by atoms with Gasteiger partial charge in [0.25, 0.3) is 11.8 Å². The third-order valence-corrected chi connectivity index (χ3v) is 7.23. The molecule has 0 saturated carbocycles. The molecule has 0 fully saturated rings. The molecule has 38 heavy (non-hydrogen) atoms. The second-order valence-corrected chi connectivity index (χ2v) is 9.70. The number of rotatable bonds is 6. The van der Waals surface area contributed by atoms with Crippen LogP contribution in [0.3, 0.4) is 0 Å². The number of amides is 3. The van der Waals surface area contributed by atoms with E-state index in [0.717, 1.165) is 53.5 Å². The molecule has 1 unspecified atom stereocenters. The molecule has 190 valence electrons. The first-order chi connectivity index (χ1) is 18.6. The van der Waals surface area contributed by atoms with E-state index in [4.69, 9.17) is 0 Å². The van der Waals surface area contributed by atoms with Crippen LogP contribution in [0, 0.1) is 0 Å². The predicted molar refractivity (Wildman–Crippen MR) is 143 cm³/mol. The topological polar surface area (TPSA) is 97.2 Å². The Labute approximate surface area is 220 Å². The van der Waals surface area contributed by atoms with Crippen LogP contribution in [0.5, 0.6) is 0 Å². The van der Waals surface area contributed by atoms with Crippen LogP contribution in [0.2, 0.25) is 0 Å². The number of hydrogen-bond acceptors (Lipinski definition) is 5. The van der Waals surface area contributed by atoms with Crippen LogP contribution >= 0.6 is 0 Å². The number of benzene rings is 3. The Hall–Kier alpha value is -4.59. The fourth-order valence-corrected chi connectivity index (χ4v) is 5.26. The van der Waals surface area contributed by atoms with E-state index in [1.807, 2.05) is 54.6 Å². The minimum atomic E-state index is -1.00. The van der Waals surface area contributed by atoms with E-state index in [1.54, 1.807) is 24.3 Å². The van der Waals surface area contributed by atoms with Gasteiger partial charge in [-0.3, -0.25) is 19.3 Å². The van der Waals surface area contributed by atoms with Crippen LogP contribution < -0.4 is 5.32 Å². The van der Waals surface area contributed by atoms with E-state index in [-0.39, 0.29) is 6.42 Å². The van der Waals surface area contributed by atoms with Crippen molar-refractivity contribution in [2.24, 2.45) is 0 Å². The number of aryl methyl sites for hydroxylation is 1. The van der Waals surface area contributed by atoms with E-state index in [0.29, 0.717) is 16.8 Å². The maximum absolute atomic E-state index is 13.6. The number of nitrogens with zero attached hydrogens (tertiary/aromatic N) is 4. The normalized spacial score (nSPS) is 15.5. The lowest BCUT2D eigenvalue weighted by Gasteiger charge is -2.25. The summed E-state index contributed by atoms with van der Waals surface area (Å²) >= 11 is 0. The largest absolute Gasteiger partial charge is 0.324 e. The van der Waals surface area contributed by atoms with Gasteiger partial charge < -0.3 is 9.88 Å². The van der Waals surface area contributed by atoms with Gasteiger partial charge in [-0.05, 0) is 54.8 Å². The Morgan fingerprint density at radius 2 is 1.50 bits per heavy atom. The molecular formula is C30H27N5O3. The van der Waals surface area contributed by atoms with Crippen molar-refractivity contribution in [2.75, 3.05) is 5.32 Å². The average molecular weight is 506 g/mol. The number of fused-ring (bicyclic) bond motifs is 2. The smallest absolute Gasteiger partial charge is 0.262 e. The van der Waals surface area contributed by atoms with Crippen molar-refractivity contribution in [1.82, 2.24) is 19.7 Å². The minimum absolute atomic E-state index is 0.210. The SMILES string of the molecule is O=C(Nc1ccc(-c2nnc3n2CCCCC3)cc1)C(Cc1ccccc1)N1C(=O)c2ccccc2C1=O. The molecule has 0 spiro atoms. The molecule has 3 heterocycles. The molecule has 1 aromatic heterocycles. The first kappa shape index (κ1) is 23.8. The number of hydrogen-bond donors (Lipinski definition) is 1. The molecule has 2 aliphatic rings. The van der Waals surface area contributed by atoms with Gasteiger partial charge in [-0.25, -0.2) is 0 Å². The maximum Gasteiger partial charge on any atom is 0.262 e. The summed E-state index contributed by atoms with van der Waals surface area (Å²) in [6.45, 7) is 0.900. The van der Waals surface area contributed by atoms with Crippen molar-refractivity contribution in [3.63, 3.8) is 0 Å². The maximum atomic E-state index is 13.6. The number of anilines is 1. The molecular weight excluding hydrogens is 478 g/mol. The number of carbonyl (C=O) groups excluding carboxylic acids is 3. The summed E-state index contributed by atoms with van der Waals surface area (Å²) in [5.41, 5.74) is 2.99. The lowest BCUT2D eigenvalue weighted by atomic mass is 10.0. The first-order valence-electron chi connectivity index (χ1n) is 12.9. The third kappa shape index (κ3) is 4.38. The van der Waals surface area contributed by atoms with Crippen LogP contribution in [0.15, 0.2) is 78.9 Å². The Morgan fingerprint density at radius 3 is 2.21 bits per heavy atom. The standard InChI is InChI=1S/C30H27N5O3/c36-28(31-22-16-14-21(15-17-22)27-33-32-26-13-5-2-8-18-34(26)27)25(19-20-9-3-1-4-10-20)35-29(37)23-11-6-7-12-24(23)30(35)38/h1,3-4,6-7,9-12,14-17,25H,2,5,8,13,18-19H2,(H,31,36). The fraction of sp³-hybridized carbons (Fsp3) is 0.233. The molecule has 8 nitrogen and oxygen atoms in total. The Kier molecular flexibility index (Phi) is 6.29. The monoisotopic (exact) mass is 505 g/mol. The van der Waals surface area contributed by atoms with E-state index < -0.39 is 23.8 Å². The lowest BCUT2D eigenvalue weighted by molar-refractivity contribution is -0.119. The van der Waals surface area contributed by atoms with Crippen molar-refractivity contribution in [2.45, 2.75) is 44.7 Å². The Bertz CT molecular complexity index is 1480. The first-order valence-corrected chi connectivity index (χ1v) is 12.9. The molecule has 4 aromatic rings. The molecule has 8 heteroatoms. The molecule has 2 aliphatic heterocycles.